The van der Waals surface area contributed by atoms with Gasteiger partial charge in [0.2, 0.25) is 6.79 Å². The van der Waals surface area contributed by atoms with Gasteiger partial charge in [0.05, 0.1) is 11.3 Å². The largest absolute Gasteiger partial charge is 0.427 e. The number of H-pyrrole nitrogens is 1. The number of hydrogen-bond acceptors (Lipinski definition) is 8. The Hall–Kier alpha value is -4.19. The summed E-state index contributed by atoms with van der Waals surface area (Å²) >= 11 is 0. The fourth-order valence-corrected chi connectivity index (χ4v) is 3.53. The van der Waals surface area contributed by atoms with Crippen molar-refractivity contribution in [1.82, 2.24) is 15.2 Å². The van der Waals surface area contributed by atoms with E-state index in [0.717, 1.165) is 10.5 Å². The number of amidine groups is 1. The van der Waals surface area contributed by atoms with Crippen LogP contribution in [0.1, 0.15) is 64.2 Å². The molecule has 2 aromatic rings. The van der Waals surface area contributed by atoms with Crippen LogP contribution in [0, 0.1) is 19.3 Å². The van der Waals surface area contributed by atoms with Crippen LogP contribution in [0.4, 0.5) is 10.5 Å². The predicted molar refractivity (Wildman–Crippen MR) is 135 cm³/mol. The third-order valence-electron chi connectivity index (χ3n) is 5.80. The van der Waals surface area contributed by atoms with Crippen LogP contribution in [0.25, 0.3) is 0 Å². The number of anilines is 1. The van der Waals surface area contributed by atoms with E-state index in [2.05, 4.69) is 15.6 Å². The van der Waals surface area contributed by atoms with Gasteiger partial charge in [-0.2, -0.15) is 0 Å². The molecule has 1 aliphatic carbocycles. The summed E-state index contributed by atoms with van der Waals surface area (Å²) in [6.45, 7) is 6.61. The standard InChI is InChI=1S/C25H32N6O6/c1-5-28-22(32)16-7-6-13(2)19(10-16)30-21(27)20-14(3)18(11-29-20)23(33)31(17-8-9-17)25(35)37-12-36-24(34)15(4)26/h6-7,10-11,15,17,29H,5,8-9,12,26H2,1-4H3,(H2,27,30)(H,28,32). The van der Waals surface area contributed by atoms with Gasteiger partial charge in [-0.25, -0.2) is 9.69 Å². The second-order valence-corrected chi connectivity index (χ2v) is 8.78. The minimum atomic E-state index is -0.932. The molecule has 1 fully saturated rings. The second kappa shape index (κ2) is 11.7. The van der Waals surface area contributed by atoms with Gasteiger partial charge < -0.3 is 30.8 Å². The zero-order valence-electron chi connectivity index (χ0n) is 21.3. The Kier molecular flexibility index (Phi) is 8.66. The van der Waals surface area contributed by atoms with Gasteiger partial charge in [0, 0.05) is 30.0 Å². The summed E-state index contributed by atoms with van der Waals surface area (Å²) in [5, 5.41) is 14.3. The van der Waals surface area contributed by atoms with E-state index in [-0.39, 0.29) is 23.3 Å². The summed E-state index contributed by atoms with van der Waals surface area (Å²) in [5.74, 6) is -1.56. The first-order chi connectivity index (χ1) is 17.5. The van der Waals surface area contributed by atoms with Crippen molar-refractivity contribution in [2.45, 2.75) is 52.6 Å². The molecule has 0 saturated heterocycles. The van der Waals surface area contributed by atoms with E-state index < -0.39 is 30.8 Å². The van der Waals surface area contributed by atoms with Gasteiger partial charge in [-0.3, -0.25) is 19.8 Å². The highest BCUT2D eigenvalue weighted by atomic mass is 16.7. The van der Waals surface area contributed by atoms with E-state index in [0.29, 0.717) is 41.9 Å². The summed E-state index contributed by atoms with van der Waals surface area (Å²) in [5.41, 5.74) is 8.26. The van der Waals surface area contributed by atoms with Crippen LogP contribution < -0.4 is 16.4 Å². The summed E-state index contributed by atoms with van der Waals surface area (Å²) in [6, 6.07) is 3.95. The lowest BCUT2D eigenvalue weighted by atomic mass is 10.1. The van der Waals surface area contributed by atoms with Gasteiger partial charge in [-0.15, -0.1) is 0 Å². The van der Waals surface area contributed by atoms with E-state index in [9.17, 15) is 19.2 Å². The second-order valence-electron chi connectivity index (χ2n) is 8.78. The molecule has 37 heavy (non-hydrogen) atoms. The zero-order chi connectivity index (χ0) is 27.3. The van der Waals surface area contributed by atoms with Crippen molar-refractivity contribution >= 4 is 35.4 Å². The maximum absolute atomic E-state index is 13.3. The normalized spacial score (nSPS) is 13.3. The summed E-state index contributed by atoms with van der Waals surface area (Å²) in [6.07, 6.45) is 1.77. The molecule has 3 amide bonds. The fraction of sp³-hybridized carbons (Fsp3) is 0.400. The molecule has 3 rings (SSSR count). The van der Waals surface area contributed by atoms with Crippen LogP contribution in [0.2, 0.25) is 0 Å². The molecule has 1 saturated carbocycles. The Morgan fingerprint density at radius 3 is 2.54 bits per heavy atom. The van der Waals surface area contributed by atoms with Gasteiger partial charge in [-0.1, -0.05) is 6.07 Å². The van der Waals surface area contributed by atoms with Gasteiger partial charge in [0.15, 0.2) is 0 Å². The molecule has 0 radical (unpaired) electrons. The third-order valence-corrected chi connectivity index (χ3v) is 5.80. The Morgan fingerprint density at radius 2 is 1.92 bits per heavy atom. The van der Waals surface area contributed by atoms with Gasteiger partial charge in [-0.05, 0) is 63.8 Å². The number of aromatic amines is 1. The number of imide groups is 1. The summed E-state index contributed by atoms with van der Waals surface area (Å²) in [4.78, 5) is 53.5. The average Bonchev–Trinajstić information content (AvgIpc) is 3.60. The smallest absolute Gasteiger partial charge is 0.419 e. The topological polar surface area (TPSA) is 180 Å². The minimum Gasteiger partial charge on any atom is -0.427 e. The average molecular weight is 513 g/mol. The number of amides is 3. The first-order valence-corrected chi connectivity index (χ1v) is 11.9. The van der Waals surface area contributed by atoms with E-state index >= 15 is 0 Å². The van der Waals surface area contributed by atoms with Crippen LogP contribution in [0.5, 0.6) is 0 Å². The van der Waals surface area contributed by atoms with E-state index in [1.807, 2.05) is 13.8 Å². The van der Waals surface area contributed by atoms with Crippen molar-refractivity contribution in [3.05, 3.63) is 52.3 Å². The van der Waals surface area contributed by atoms with Crippen LogP contribution in [0.3, 0.4) is 0 Å². The van der Waals surface area contributed by atoms with Crippen molar-refractivity contribution < 1.29 is 28.7 Å². The maximum Gasteiger partial charge on any atom is 0.419 e. The number of carbonyl (C=O) groups excluding carboxylic acids is 4. The Morgan fingerprint density at radius 1 is 1.22 bits per heavy atom. The lowest BCUT2D eigenvalue weighted by Gasteiger charge is -2.20. The van der Waals surface area contributed by atoms with Crippen LogP contribution in [-0.4, -0.2) is 65.0 Å². The fourth-order valence-electron chi connectivity index (χ4n) is 3.53. The number of benzene rings is 1. The molecule has 1 unspecified atom stereocenters. The Bertz CT molecular complexity index is 1220. The minimum absolute atomic E-state index is 0.0175. The number of nitrogens with two attached hydrogens (primary N) is 1. The number of aryl methyl sites for hydroxylation is 1. The van der Waals surface area contributed by atoms with E-state index in [1.54, 1.807) is 25.1 Å². The molecule has 1 atom stereocenters. The number of ether oxygens (including phenoxy) is 2. The molecule has 12 nitrogen and oxygen atoms in total. The lowest BCUT2D eigenvalue weighted by Crippen LogP contribution is -2.40. The zero-order valence-corrected chi connectivity index (χ0v) is 21.3. The predicted octanol–water partition coefficient (Wildman–Crippen LogP) is 2.41. The van der Waals surface area contributed by atoms with Crippen LogP contribution >= 0.6 is 0 Å². The van der Waals surface area contributed by atoms with Crippen LogP contribution in [-0.2, 0) is 14.3 Å². The quantitative estimate of drug-likeness (QED) is 0.147. The van der Waals surface area contributed by atoms with Crippen molar-refractivity contribution in [3.63, 3.8) is 0 Å². The van der Waals surface area contributed by atoms with Gasteiger partial charge >= 0.3 is 12.1 Å². The number of aromatic nitrogens is 1. The van der Waals surface area contributed by atoms with Gasteiger partial charge in [0.25, 0.3) is 11.8 Å². The van der Waals surface area contributed by atoms with Crippen molar-refractivity contribution in [1.29, 1.82) is 5.41 Å². The third kappa shape index (κ3) is 6.53. The first kappa shape index (κ1) is 27.4. The molecule has 1 aliphatic rings. The van der Waals surface area contributed by atoms with Gasteiger partial charge in [0.1, 0.15) is 11.9 Å². The molecule has 0 aliphatic heterocycles. The molecule has 1 aromatic heterocycles. The Balaban J connectivity index is 1.73. The summed E-state index contributed by atoms with van der Waals surface area (Å²) < 4.78 is 9.73. The number of nitrogens with one attached hydrogen (secondary N) is 4. The van der Waals surface area contributed by atoms with Crippen LogP contribution in [0.15, 0.2) is 24.4 Å². The highest BCUT2D eigenvalue weighted by molar-refractivity contribution is 6.11. The Labute approximate surface area is 214 Å². The van der Waals surface area contributed by atoms with E-state index in [4.69, 9.17) is 20.6 Å². The molecule has 1 heterocycles. The van der Waals surface area contributed by atoms with Crippen molar-refractivity contribution in [3.8, 4) is 0 Å². The molecule has 12 heteroatoms. The lowest BCUT2D eigenvalue weighted by molar-refractivity contribution is -0.153. The molecule has 198 valence electrons. The molecule has 6 N–H and O–H groups in total. The molecule has 0 bridgehead atoms. The number of carbonyl (C=O) groups is 4. The number of rotatable bonds is 9. The van der Waals surface area contributed by atoms with Crippen molar-refractivity contribution in [2.75, 3.05) is 18.7 Å². The SMILES string of the molecule is CCNC(=O)c1ccc(C)c(NC(=N)c2[nH]cc(C(=O)N(C(=O)OCOC(=O)C(C)N)C3CC3)c2C)c1. The first-order valence-electron chi connectivity index (χ1n) is 11.9. The summed E-state index contributed by atoms with van der Waals surface area (Å²) in [7, 11) is 0. The number of esters is 1. The number of nitrogens with zero attached hydrogens (tertiary/aromatic N) is 1. The highest BCUT2D eigenvalue weighted by Gasteiger charge is 2.40. The molecule has 1 aromatic carbocycles. The van der Waals surface area contributed by atoms with Crippen molar-refractivity contribution in [2.24, 2.45) is 5.73 Å². The molecule has 0 spiro atoms. The molecular weight excluding hydrogens is 480 g/mol. The monoisotopic (exact) mass is 512 g/mol. The number of hydrogen-bond donors (Lipinski definition) is 5. The maximum atomic E-state index is 13.3. The van der Waals surface area contributed by atoms with E-state index in [1.165, 1.54) is 13.1 Å². The highest BCUT2D eigenvalue weighted by Crippen LogP contribution is 2.30. The molecular formula is C25H32N6O6.